The molecule has 0 bridgehead atoms. The number of carbonyl (C=O) groups is 1. The summed E-state index contributed by atoms with van der Waals surface area (Å²) in [5.74, 6) is -0.842. The van der Waals surface area contributed by atoms with Crippen LogP contribution in [0.5, 0.6) is 5.75 Å². The lowest BCUT2D eigenvalue weighted by Gasteiger charge is -2.06. The minimum absolute atomic E-state index is 0.00481. The van der Waals surface area contributed by atoms with Crippen LogP contribution in [0.15, 0.2) is 12.1 Å². The van der Waals surface area contributed by atoms with Crippen molar-refractivity contribution in [2.75, 3.05) is 13.0 Å². The van der Waals surface area contributed by atoms with Crippen molar-refractivity contribution in [3.05, 3.63) is 27.1 Å². The Morgan fingerprint density at radius 3 is 2.79 bits per heavy atom. The van der Waals surface area contributed by atoms with Crippen molar-refractivity contribution in [2.45, 2.75) is 0 Å². The molecule has 0 saturated heterocycles. The Morgan fingerprint density at radius 2 is 2.29 bits per heavy atom. The third kappa shape index (κ3) is 2.36. The SMILES string of the molecule is COc1cc(F)c(C(=O)CCl)cc1I. The number of halogens is 3. The first-order valence-corrected chi connectivity index (χ1v) is 5.33. The van der Waals surface area contributed by atoms with Gasteiger partial charge in [-0.05, 0) is 28.7 Å². The highest BCUT2D eigenvalue weighted by Crippen LogP contribution is 2.24. The third-order valence-electron chi connectivity index (χ3n) is 1.66. The number of ether oxygens (including phenoxy) is 1. The molecule has 14 heavy (non-hydrogen) atoms. The number of hydrogen-bond acceptors (Lipinski definition) is 2. The van der Waals surface area contributed by atoms with E-state index in [1.54, 1.807) is 0 Å². The van der Waals surface area contributed by atoms with E-state index in [4.69, 9.17) is 16.3 Å². The summed E-state index contributed by atoms with van der Waals surface area (Å²) in [6.45, 7) is 0. The van der Waals surface area contributed by atoms with Gasteiger partial charge in [0, 0.05) is 6.07 Å². The summed E-state index contributed by atoms with van der Waals surface area (Å²) in [6, 6.07) is 2.61. The second-order valence-electron chi connectivity index (χ2n) is 2.52. The molecule has 0 aliphatic rings. The largest absolute Gasteiger partial charge is 0.496 e. The molecule has 0 unspecified atom stereocenters. The van der Waals surface area contributed by atoms with Crippen LogP contribution in [0.25, 0.3) is 0 Å². The van der Waals surface area contributed by atoms with Gasteiger partial charge in [-0.2, -0.15) is 0 Å². The molecule has 76 valence electrons. The minimum Gasteiger partial charge on any atom is -0.496 e. The van der Waals surface area contributed by atoms with E-state index >= 15 is 0 Å². The minimum atomic E-state index is -0.604. The van der Waals surface area contributed by atoms with Crippen LogP contribution in [0.1, 0.15) is 10.4 Å². The number of rotatable bonds is 3. The van der Waals surface area contributed by atoms with Crippen molar-refractivity contribution in [3.8, 4) is 5.75 Å². The molecular weight excluding hydrogens is 321 g/mol. The van der Waals surface area contributed by atoms with Crippen molar-refractivity contribution in [2.24, 2.45) is 0 Å². The van der Waals surface area contributed by atoms with Crippen LogP contribution in [-0.4, -0.2) is 18.8 Å². The highest BCUT2D eigenvalue weighted by molar-refractivity contribution is 14.1. The lowest BCUT2D eigenvalue weighted by atomic mass is 10.1. The van der Waals surface area contributed by atoms with Crippen LogP contribution in [-0.2, 0) is 0 Å². The van der Waals surface area contributed by atoms with Gasteiger partial charge in [0.1, 0.15) is 11.6 Å². The van der Waals surface area contributed by atoms with Gasteiger partial charge in [-0.1, -0.05) is 0 Å². The molecular formula is C9H7ClFIO2. The van der Waals surface area contributed by atoms with E-state index in [1.807, 2.05) is 22.6 Å². The maximum atomic E-state index is 13.3. The van der Waals surface area contributed by atoms with Crippen LogP contribution >= 0.6 is 34.2 Å². The van der Waals surface area contributed by atoms with Gasteiger partial charge in [0.05, 0.1) is 22.1 Å². The molecule has 0 spiro atoms. The van der Waals surface area contributed by atoms with E-state index in [1.165, 1.54) is 19.2 Å². The Labute approximate surface area is 99.5 Å². The zero-order valence-corrected chi connectivity index (χ0v) is 10.2. The van der Waals surface area contributed by atoms with Gasteiger partial charge in [0.15, 0.2) is 5.78 Å². The fourth-order valence-electron chi connectivity index (χ4n) is 0.971. The predicted octanol–water partition coefficient (Wildman–Crippen LogP) is 2.86. The van der Waals surface area contributed by atoms with Crippen LogP contribution in [0, 0.1) is 9.39 Å². The first kappa shape index (κ1) is 11.7. The molecule has 1 aromatic rings. The van der Waals surface area contributed by atoms with Crippen LogP contribution in [0.2, 0.25) is 0 Å². The number of Topliss-reactive ketones (excluding diaryl/α,β-unsaturated/α-hetero) is 1. The van der Waals surface area contributed by atoms with E-state index in [-0.39, 0.29) is 11.4 Å². The summed E-state index contributed by atoms with van der Waals surface area (Å²) in [5.41, 5.74) is 0.00481. The predicted molar refractivity (Wildman–Crippen MR) is 60.7 cm³/mol. The number of carbonyl (C=O) groups excluding carboxylic acids is 1. The number of alkyl halides is 1. The Bertz CT molecular complexity index is 368. The first-order valence-electron chi connectivity index (χ1n) is 3.72. The van der Waals surface area contributed by atoms with E-state index < -0.39 is 11.6 Å². The monoisotopic (exact) mass is 328 g/mol. The molecule has 0 N–H and O–H groups in total. The number of hydrogen-bond donors (Lipinski definition) is 0. The van der Waals surface area contributed by atoms with Crippen LogP contribution in [0.4, 0.5) is 4.39 Å². The first-order chi connectivity index (χ1) is 6.60. The second kappa shape index (κ2) is 4.93. The Morgan fingerprint density at radius 1 is 1.64 bits per heavy atom. The molecule has 0 radical (unpaired) electrons. The molecule has 1 aromatic carbocycles. The number of ketones is 1. The molecule has 2 nitrogen and oxygen atoms in total. The van der Waals surface area contributed by atoms with Gasteiger partial charge >= 0.3 is 0 Å². The van der Waals surface area contributed by atoms with Gasteiger partial charge in [0.2, 0.25) is 0 Å². The molecule has 0 heterocycles. The van der Waals surface area contributed by atoms with Gasteiger partial charge in [0.25, 0.3) is 0 Å². The van der Waals surface area contributed by atoms with E-state index in [0.29, 0.717) is 9.32 Å². The fourth-order valence-corrected chi connectivity index (χ4v) is 1.80. The van der Waals surface area contributed by atoms with Gasteiger partial charge in [-0.15, -0.1) is 11.6 Å². The van der Waals surface area contributed by atoms with Crippen molar-refractivity contribution in [1.82, 2.24) is 0 Å². The Balaban J connectivity index is 3.21. The Kier molecular flexibility index (Phi) is 4.12. The molecule has 0 aliphatic carbocycles. The van der Waals surface area contributed by atoms with Crippen molar-refractivity contribution in [1.29, 1.82) is 0 Å². The molecule has 5 heteroatoms. The smallest absolute Gasteiger partial charge is 0.180 e. The second-order valence-corrected chi connectivity index (χ2v) is 3.95. The maximum absolute atomic E-state index is 13.3. The van der Waals surface area contributed by atoms with Crippen molar-refractivity contribution in [3.63, 3.8) is 0 Å². The highest BCUT2D eigenvalue weighted by Gasteiger charge is 2.14. The van der Waals surface area contributed by atoms with Gasteiger partial charge in [-0.25, -0.2) is 4.39 Å². The maximum Gasteiger partial charge on any atom is 0.180 e. The van der Waals surface area contributed by atoms with E-state index in [2.05, 4.69) is 0 Å². The van der Waals surface area contributed by atoms with Crippen LogP contribution in [0.3, 0.4) is 0 Å². The van der Waals surface area contributed by atoms with E-state index in [9.17, 15) is 9.18 Å². The van der Waals surface area contributed by atoms with Crippen LogP contribution < -0.4 is 4.74 Å². The zero-order valence-electron chi connectivity index (χ0n) is 7.31. The Hall–Kier alpha value is -0.360. The lowest BCUT2D eigenvalue weighted by molar-refractivity contribution is 0.101. The van der Waals surface area contributed by atoms with Crippen molar-refractivity contribution >= 4 is 40.0 Å². The summed E-state index contributed by atoms with van der Waals surface area (Å²) in [7, 11) is 1.44. The van der Waals surface area contributed by atoms with Gasteiger partial charge in [-0.3, -0.25) is 4.79 Å². The number of benzene rings is 1. The molecule has 0 fully saturated rings. The highest BCUT2D eigenvalue weighted by atomic mass is 127. The fraction of sp³-hybridized carbons (Fsp3) is 0.222. The summed E-state index contributed by atoms with van der Waals surface area (Å²) in [5, 5.41) is 0. The molecule has 0 atom stereocenters. The molecule has 0 aliphatic heterocycles. The molecule has 0 amide bonds. The lowest BCUT2D eigenvalue weighted by Crippen LogP contribution is -2.05. The molecule has 1 rings (SSSR count). The topological polar surface area (TPSA) is 26.3 Å². The standard InChI is InChI=1S/C9H7ClFIO2/c1-14-9-3-6(11)5(2-7(9)12)8(13)4-10/h2-3H,4H2,1H3. The number of methoxy groups -OCH3 is 1. The average molecular weight is 329 g/mol. The summed E-state index contributed by atoms with van der Waals surface area (Å²) >= 11 is 7.30. The quantitative estimate of drug-likeness (QED) is 0.484. The van der Waals surface area contributed by atoms with E-state index in [0.717, 1.165) is 0 Å². The normalized spacial score (nSPS) is 10.0. The average Bonchev–Trinajstić information content (AvgIpc) is 2.19. The van der Waals surface area contributed by atoms with Gasteiger partial charge < -0.3 is 4.74 Å². The molecule has 0 saturated carbocycles. The van der Waals surface area contributed by atoms with Crippen molar-refractivity contribution < 1.29 is 13.9 Å². The zero-order chi connectivity index (χ0) is 10.7. The summed E-state index contributed by atoms with van der Waals surface area (Å²) < 4.78 is 18.9. The third-order valence-corrected chi connectivity index (χ3v) is 2.75. The molecule has 0 aromatic heterocycles. The summed E-state index contributed by atoms with van der Waals surface area (Å²) in [6.07, 6.45) is 0. The summed E-state index contributed by atoms with van der Waals surface area (Å²) in [4.78, 5) is 11.2.